The molecule has 0 aliphatic heterocycles. The van der Waals surface area contributed by atoms with Crippen LogP contribution >= 0.6 is 27.3 Å². The summed E-state index contributed by atoms with van der Waals surface area (Å²) in [5.41, 5.74) is 5.47. The Morgan fingerprint density at radius 2 is 1.16 bits per heavy atom. The molecule has 4 heteroatoms. The third-order valence-corrected chi connectivity index (χ3v) is 7.31. The number of thiophene rings is 1. The summed E-state index contributed by atoms with van der Waals surface area (Å²) in [4.78, 5) is 11.1. The van der Waals surface area contributed by atoms with E-state index in [0.29, 0.717) is 0 Å². The normalized spacial score (nSPS) is 11.3. The Labute approximate surface area is 198 Å². The summed E-state index contributed by atoms with van der Waals surface area (Å²) >= 11 is 5.46. The molecule has 2 aromatic heterocycles. The van der Waals surface area contributed by atoms with Crippen molar-refractivity contribution in [2.75, 3.05) is 0 Å². The first-order valence-corrected chi connectivity index (χ1v) is 12.0. The number of rotatable bonds is 3. The highest BCUT2D eigenvalue weighted by molar-refractivity contribution is 9.10. The first kappa shape index (κ1) is 19.4. The van der Waals surface area contributed by atoms with E-state index in [4.69, 9.17) is 9.97 Å². The lowest BCUT2D eigenvalue weighted by molar-refractivity contribution is 1.24. The Bertz CT molecular complexity index is 1560. The van der Waals surface area contributed by atoms with Gasteiger partial charge in [-0.1, -0.05) is 107 Å². The first-order valence-electron chi connectivity index (χ1n) is 10.4. The van der Waals surface area contributed by atoms with Gasteiger partial charge in [-0.25, -0.2) is 9.97 Å². The smallest absolute Gasteiger partial charge is 0.161 e. The van der Waals surface area contributed by atoms with Gasteiger partial charge in [0.05, 0.1) is 5.69 Å². The monoisotopic (exact) mass is 492 g/mol. The van der Waals surface area contributed by atoms with Crippen LogP contribution in [0.4, 0.5) is 0 Å². The van der Waals surface area contributed by atoms with Crippen LogP contribution in [-0.4, -0.2) is 9.97 Å². The average molecular weight is 493 g/mol. The molecule has 2 nitrogen and oxygen atoms in total. The molecule has 0 radical (unpaired) electrons. The Morgan fingerprint density at radius 1 is 0.531 bits per heavy atom. The summed E-state index contributed by atoms with van der Waals surface area (Å²) in [5, 5.41) is 2.28. The maximum Gasteiger partial charge on any atom is 0.161 e. The Morgan fingerprint density at radius 3 is 1.88 bits per heavy atom. The van der Waals surface area contributed by atoms with Gasteiger partial charge in [-0.15, -0.1) is 11.3 Å². The molecular formula is C28H17BrN2S. The lowest BCUT2D eigenvalue weighted by Gasteiger charge is -2.09. The molecule has 32 heavy (non-hydrogen) atoms. The highest BCUT2D eigenvalue weighted by Gasteiger charge is 2.18. The van der Waals surface area contributed by atoms with Crippen LogP contribution in [0, 0.1) is 0 Å². The molecule has 2 heterocycles. The second-order valence-electron chi connectivity index (χ2n) is 7.60. The van der Waals surface area contributed by atoms with Crippen molar-refractivity contribution in [2.24, 2.45) is 0 Å². The van der Waals surface area contributed by atoms with E-state index in [1.165, 1.54) is 21.2 Å². The number of fused-ring (bicyclic) bond motifs is 3. The van der Waals surface area contributed by atoms with Gasteiger partial charge in [0.15, 0.2) is 5.82 Å². The molecule has 4 aromatic carbocycles. The molecule has 0 fully saturated rings. The van der Waals surface area contributed by atoms with E-state index >= 15 is 0 Å². The average Bonchev–Trinajstić information content (AvgIpc) is 3.24. The molecule has 152 valence electrons. The molecule has 0 bridgehead atoms. The predicted molar refractivity (Wildman–Crippen MR) is 139 cm³/mol. The molecule has 0 amide bonds. The van der Waals surface area contributed by atoms with Gasteiger partial charge in [0.2, 0.25) is 0 Å². The fourth-order valence-electron chi connectivity index (χ4n) is 4.05. The van der Waals surface area contributed by atoms with E-state index < -0.39 is 0 Å². The maximum atomic E-state index is 5.08. The number of halogens is 1. The first-order chi connectivity index (χ1) is 15.8. The summed E-state index contributed by atoms with van der Waals surface area (Å²) in [5.74, 6) is 0.749. The fourth-order valence-corrected chi connectivity index (χ4v) is 5.85. The van der Waals surface area contributed by atoms with Crippen molar-refractivity contribution in [3.63, 3.8) is 0 Å². The molecule has 0 saturated carbocycles. The summed E-state index contributed by atoms with van der Waals surface area (Å²) in [6.07, 6.45) is 0. The number of benzene rings is 4. The zero-order valence-electron chi connectivity index (χ0n) is 17.0. The minimum atomic E-state index is 0.749. The molecule has 0 N–H and O–H groups in total. The van der Waals surface area contributed by atoms with Gasteiger partial charge in [-0.3, -0.25) is 0 Å². The van der Waals surface area contributed by atoms with Crippen molar-refractivity contribution in [1.82, 2.24) is 9.97 Å². The second-order valence-corrected chi connectivity index (χ2v) is 9.49. The van der Waals surface area contributed by atoms with Crippen molar-refractivity contribution in [2.45, 2.75) is 0 Å². The molecule has 0 aliphatic carbocycles. The largest absolute Gasteiger partial charge is 0.227 e. The summed E-state index contributed by atoms with van der Waals surface area (Å²) < 4.78 is 2.28. The molecule has 0 unspecified atom stereocenters. The minimum Gasteiger partial charge on any atom is -0.227 e. The van der Waals surface area contributed by atoms with Crippen LogP contribution in [0.15, 0.2) is 108 Å². The Hall–Kier alpha value is -3.34. The molecule has 0 atom stereocenters. The molecule has 6 aromatic rings. The quantitative estimate of drug-likeness (QED) is 0.247. The van der Waals surface area contributed by atoms with E-state index in [1.807, 2.05) is 12.1 Å². The third-order valence-electron chi connectivity index (χ3n) is 5.61. The van der Waals surface area contributed by atoms with Gasteiger partial charge in [0.1, 0.15) is 4.83 Å². The molecule has 0 saturated heterocycles. The van der Waals surface area contributed by atoms with E-state index in [1.54, 1.807) is 11.3 Å². The molecule has 6 rings (SSSR count). The molecular weight excluding hydrogens is 476 g/mol. The summed E-state index contributed by atoms with van der Waals surface area (Å²) in [7, 11) is 0. The van der Waals surface area contributed by atoms with Crippen LogP contribution in [-0.2, 0) is 0 Å². The zero-order valence-corrected chi connectivity index (χ0v) is 19.4. The van der Waals surface area contributed by atoms with Crippen molar-refractivity contribution in [3.8, 4) is 33.8 Å². The fraction of sp³-hybridized carbons (Fsp3) is 0. The lowest BCUT2D eigenvalue weighted by atomic mass is 10.0. The van der Waals surface area contributed by atoms with Gasteiger partial charge < -0.3 is 0 Å². The number of hydrogen-bond donors (Lipinski definition) is 0. The second kappa shape index (κ2) is 7.97. The van der Waals surface area contributed by atoms with Gasteiger partial charge in [-0.05, 0) is 23.3 Å². The van der Waals surface area contributed by atoms with E-state index in [-0.39, 0.29) is 0 Å². The molecule has 0 aliphatic rings. The van der Waals surface area contributed by atoms with Gasteiger partial charge >= 0.3 is 0 Å². The van der Waals surface area contributed by atoms with Crippen LogP contribution in [0.5, 0.6) is 0 Å². The Kier molecular flexibility index (Phi) is 4.82. The van der Waals surface area contributed by atoms with Crippen LogP contribution in [0.3, 0.4) is 0 Å². The van der Waals surface area contributed by atoms with Crippen LogP contribution < -0.4 is 0 Å². The van der Waals surface area contributed by atoms with Gasteiger partial charge in [-0.2, -0.15) is 0 Å². The minimum absolute atomic E-state index is 0.749. The van der Waals surface area contributed by atoms with Gasteiger partial charge in [0, 0.05) is 31.1 Å². The zero-order chi connectivity index (χ0) is 21.5. The number of hydrogen-bond acceptors (Lipinski definition) is 3. The summed E-state index contributed by atoms with van der Waals surface area (Å²) in [6.45, 7) is 0. The van der Waals surface area contributed by atoms with E-state index in [2.05, 4.69) is 107 Å². The highest BCUT2D eigenvalue weighted by atomic mass is 79.9. The number of aromatic nitrogens is 2. The molecule has 0 spiro atoms. The summed E-state index contributed by atoms with van der Waals surface area (Å²) in [6, 6.07) is 35.6. The van der Waals surface area contributed by atoms with Crippen molar-refractivity contribution in [1.29, 1.82) is 0 Å². The van der Waals surface area contributed by atoms with Gasteiger partial charge in [0.25, 0.3) is 0 Å². The van der Waals surface area contributed by atoms with E-state index in [9.17, 15) is 0 Å². The highest BCUT2D eigenvalue weighted by Crippen LogP contribution is 2.42. The topological polar surface area (TPSA) is 25.8 Å². The van der Waals surface area contributed by atoms with Crippen LogP contribution in [0.2, 0.25) is 0 Å². The predicted octanol–water partition coefficient (Wildman–Crippen LogP) is 8.61. The van der Waals surface area contributed by atoms with Crippen molar-refractivity contribution in [3.05, 3.63) is 108 Å². The third kappa shape index (κ3) is 3.32. The number of nitrogens with zero attached hydrogens (tertiary/aromatic N) is 2. The van der Waals surface area contributed by atoms with Crippen LogP contribution in [0.25, 0.3) is 54.1 Å². The van der Waals surface area contributed by atoms with E-state index in [0.717, 1.165) is 37.3 Å². The SMILES string of the molecule is Brc1cccc2sc3nc(-c4ccc(-c5ccccc5)cc4)nc(-c4ccccc4)c3c12. The lowest BCUT2D eigenvalue weighted by Crippen LogP contribution is -1.93. The standard InChI is InChI=1S/C28H17BrN2S/c29-22-12-7-13-23-24(22)25-26(20-10-5-2-6-11-20)30-27(31-28(25)32-23)21-16-14-19(15-17-21)18-8-3-1-4-9-18/h1-17H. The van der Waals surface area contributed by atoms with Crippen LogP contribution in [0.1, 0.15) is 0 Å². The Balaban J connectivity index is 1.57. The van der Waals surface area contributed by atoms with Crippen molar-refractivity contribution >= 4 is 47.6 Å². The van der Waals surface area contributed by atoms with Crippen molar-refractivity contribution < 1.29 is 0 Å². The maximum absolute atomic E-state index is 5.08.